The Morgan fingerprint density at radius 3 is 3.00 bits per heavy atom. The molecule has 0 amide bonds. The molecule has 0 saturated carbocycles. The molecular formula is C13H15ClN2O. The predicted molar refractivity (Wildman–Crippen MR) is 69.3 cm³/mol. The van der Waals surface area contributed by atoms with Gasteiger partial charge in [-0.1, -0.05) is 18.5 Å². The second kappa shape index (κ2) is 5.23. The molecule has 2 heterocycles. The minimum Gasteiger partial charge on any atom is -0.467 e. The van der Waals surface area contributed by atoms with Gasteiger partial charge in [0.15, 0.2) is 5.15 Å². The van der Waals surface area contributed by atoms with Crippen molar-refractivity contribution in [2.75, 3.05) is 5.32 Å². The SMILES string of the molecule is CCC(Nc1cc(C)cnc1Cl)c1ccco1. The number of pyridine rings is 1. The number of aromatic nitrogens is 1. The number of nitrogens with zero attached hydrogens (tertiary/aromatic N) is 1. The van der Waals surface area contributed by atoms with Gasteiger partial charge in [0.05, 0.1) is 18.0 Å². The lowest BCUT2D eigenvalue weighted by molar-refractivity contribution is 0.474. The molecule has 4 heteroatoms. The number of hydrogen-bond donors (Lipinski definition) is 1. The Kier molecular flexibility index (Phi) is 3.69. The first-order valence-electron chi connectivity index (χ1n) is 5.62. The molecule has 2 aromatic heterocycles. The van der Waals surface area contributed by atoms with Crippen LogP contribution in [0.4, 0.5) is 5.69 Å². The van der Waals surface area contributed by atoms with Crippen LogP contribution in [0.25, 0.3) is 0 Å². The van der Waals surface area contributed by atoms with Crippen LogP contribution in [0, 0.1) is 6.92 Å². The molecule has 2 aromatic rings. The van der Waals surface area contributed by atoms with Crippen molar-refractivity contribution in [1.29, 1.82) is 0 Å². The maximum Gasteiger partial charge on any atom is 0.152 e. The first-order valence-corrected chi connectivity index (χ1v) is 6.00. The molecule has 0 radical (unpaired) electrons. The number of rotatable bonds is 4. The van der Waals surface area contributed by atoms with Crippen molar-refractivity contribution in [3.05, 3.63) is 47.1 Å². The summed E-state index contributed by atoms with van der Waals surface area (Å²) >= 11 is 6.05. The average Bonchev–Trinajstić information content (AvgIpc) is 2.84. The molecule has 0 aromatic carbocycles. The monoisotopic (exact) mass is 250 g/mol. The Labute approximate surface area is 106 Å². The third-order valence-electron chi connectivity index (χ3n) is 2.60. The lowest BCUT2D eigenvalue weighted by Gasteiger charge is -2.16. The van der Waals surface area contributed by atoms with Gasteiger partial charge in [-0.25, -0.2) is 4.98 Å². The van der Waals surface area contributed by atoms with Crippen LogP contribution in [0.3, 0.4) is 0 Å². The van der Waals surface area contributed by atoms with Crippen LogP contribution in [0.5, 0.6) is 0 Å². The molecule has 2 rings (SSSR count). The Morgan fingerprint density at radius 2 is 2.35 bits per heavy atom. The summed E-state index contributed by atoms with van der Waals surface area (Å²) in [7, 11) is 0. The molecule has 3 nitrogen and oxygen atoms in total. The minimum absolute atomic E-state index is 0.117. The molecule has 0 aliphatic heterocycles. The zero-order chi connectivity index (χ0) is 12.3. The van der Waals surface area contributed by atoms with E-state index < -0.39 is 0 Å². The molecule has 0 aliphatic rings. The third-order valence-corrected chi connectivity index (χ3v) is 2.90. The summed E-state index contributed by atoms with van der Waals surface area (Å²) in [5.74, 6) is 0.907. The molecule has 90 valence electrons. The summed E-state index contributed by atoms with van der Waals surface area (Å²) in [5, 5.41) is 3.84. The highest BCUT2D eigenvalue weighted by Gasteiger charge is 2.13. The summed E-state index contributed by atoms with van der Waals surface area (Å²) in [5.41, 5.74) is 1.92. The largest absolute Gasteiger partial charge is 0.467 e. The van der Waals surface area contributed by atoms with E-state index in [1.54, 1.807) is 12.5 Å². The van der Waals surface area contributed by atoms with Crippen molar-refractivity contribution in [2.24, 2.45) is 0 Å². The number of hydrogen-bond acceptors (Lipinski definition) is 3. The summed E-state index contributed by atoms with van der Waals surface area (Å²) in [4.78, 5) is 4.12. The van der Waals surface area contributed by atoms with Crippen molar-refractivity contribution >= 4 is 17.3 Å². The summed E-state index contributed by atoms with van der Waals surface area (Å²) < 4.78 is 5.40. The zero-order valence-electron chi connectivity index (χ0n) is 9.90. The van der Waals surface area contributed by atoms with Crippen LogP contribution in [0.15, 0.2) is 35.1 Å². The van der Waals surface area contributed by atoms with Gasteiger partial charge < -0.3 is 9.73 Å². The highest BCUT2D eigenvalue weighted by atomic mass is 35.5. The van der Waals surface area contributed by atoms with Crippen molar-refractivity contribution in [1.82, 2.24) is 4.98 Å². The normalized spacial score (nSPS) is 12.4. The van der Waals surface area contributed by atoms with E-state index in [1.165, 1.54) is 0 Å². The van der Waals surface area contributed by atoms with Gasteiger partial charge >= 0.3 is 0 Å². The molecule has 17 heavy (non-hydrogen) atoms. The number of furan rings is 1. The minimum atomic E-state index is 0.117. The van der Waals surface area contributed by atoms with Crippen LogP contribution in [0.2, 0.25) is 5.15 Å². The van der Waals surface area contributed by atoms with Crippen molar-refractivity contribution in [2.45, 2.75) is 26.3 Å². The fourth-order valence-electron chi connectivity index (χ4n) is 1.71. The lowest BCUT2D eigenvalue weighted by atomic mass is 10.1. The Bertz CT molecular complexity index is 482. The molecule has 0 bridgehead atoms. The maximum atomic E-state index is 6.05. The molecule has 1 unspecified atom stereocenters. The van der Waals surface area contributed by atoms with Gasteiger partial charge in [0.25, 0.3) is 0 Å². The van der Waals surface area contributed by atoms with Gasteiger partial charge in [-0.3, -0.25) is 0 Å². The van der Waals surface area contributed by atoms with E-state index in [0.29, 0.717) is 5.15 Å². The van der Waals surface area contributed by atoms with Gasteiger partial charge in [-0.2, -0.15) is 0 Å². The molecule has 0 aliphatic carbocycles. The maximum absolute atomic E-state index is 6.05. The average molecular weight is 251 g/mol. The quantitative estimate of drug-likeness (QED) is 0.827. The topological polar surface area (TPSA) is 38.1 Å². The fourth-order valence-corrected chi connectivity index (χ4v) is 1.86. The number of nitrogens with one attached hydrogen (secondary N) is 1. The fraction of sp³-hybridized carbons (Fsp3) is 0.308. The number of halogens is 1. The number of anilines is 1. The highest BCUT2D eigenvalue weighted by Crippen LogP contribution is 2.27. The first kappa shape index (κ1) is 12.0. The van der Waals surface area contributed by atoms with Crippen LogP contribution in [-0.2, 0) is 0 Å². The summed E-state index contributed by atoms with van der Waals surface area (Å²) in [6, 6.07) is 5.95. The smallest absolute Gasteiger partial charge is 0.152 e. The zero-order valence-corrected chi connectivity index (χ0v) is 10.7. The second-order valence-corrected chi connectivity index (χ2v) is 4.33. The third kappa shape index (κ3) is 2.80. The van der Waals surface area contributed by atoms with Gasteiger partial charge in [0.2, 0.25) is 0 Å². The Hall–Kier alpha value is -1.48. The highest BCUT2D eigenvalue weighted by molar-refractivity contribution is 6.31. The van der Waals surface area contributed by atoms with E-state index >= 15 is 0 Å². The van der Waals surface area contributed by atoms with E-state index in [4.69, 9.17) is 16.0 Å². The predicted octanol–water partition coefficient (Wildman–Crippen LogP) is 4.20. The van der Waals surface area contributed by atoms with E-state index in [2.05, 4.69) is 17.2 Å². The van der Waals surface area contributed by atoms with Gasteiger partial charge in [0.1, 0.15) is 5.76 Å². The van der Waals surface area contributed by atoms with Gasteiger partial charge in [0, 0.05) is 6.20 Å². The van der Waals surface area contributed by atoms with Crippen molar-refractivity contribution in [3.8, 4) is 0 Å². The van der Waals surface area contributed by atoms with Crippen LogP contribution in [0.1, 0.15) is 30.7 Å². The lowest BCUT2D eigenvalue weighted by Crippen LogP contribution is -2.09. The molecule has 1 N–H and O–H groups in total. The van der Waals surface area contributed by atoms with Gasteiger partial charge in [-0.05, 0) is 37.1 Å². The van der Waals surface area contributed by atoms with Crippen LogP contribution >= 0.6 is 11.6 Å². The Balaban J connectivity index is 2.21. The van der Waals surface area contributed by atoms with Crippen molar-refractivity contribution < 1.29 is 4.42 Å². The van der Waals surface area contributed by atoms with E-state index in [9.17, 15) is 0 Å². The van der Waals surface area contributed by atoms with E-state index in [-0.39, 0.29) is 6.04 Å². The van der Waals surface area contributed by atoms with Crippen LogP contribution in [-0.4, -0.2) is 4.98 Å². The first-order chi connectivity index (χ1) is 8.20. The summed E-state index contributed by atoms with van der Waals surface area (Å²) in [6.07, 6.45) is 4.34. The standard InChI is InChI=1S/C13H15ClN2O/c1-3-10(12-5-4-6-17-12)16-11-7-9(2)8-15-13(11)14/h4-8,10,16H,3H2,1-2H3. The molecule has 0 spiro atoms. The Morgan fingerprint density at radius 1 is 1.53 bits per heavy atom. The number of aryl methyl sites for hydroxylation is 1. The van der Waals surface area contributed by atoms with E-state index in [1.807, 2.05) is 25.1 Å². The second-order valence-electron chi connectivity index (χ2n) is 3.97. The van der Waals surface area contributed by atoms with Crippen molar-refractivity contribution in [3.63, 3.8) is 0 Å². The molecule has 0 saturated heterocycles. The molecule has 0 fully saturated rings. The van der Waals surface area contributed by atoms with E-state index in [0.717, 1.165) is 23.4 Å². The molecule has 1 atom stereocenters. The van der Waals surface area contributed by atoms with Gasteiger partial charge in [-0.15, -0.1) is 0 Å². The summed E-state index contributed by atoms with van der Waals surface area (Å²) in [6.45, 7) is 4.08. The van der Waals surface area contributed by atoms with Crippen LogP contribution < -0.4 is 5.32 Å². The molecular weight excluding hydrogens is 236 g/mol.